The van der Waals surface area contributed by atoms with Crippen LogP contribution in [0.2, 0.25) is 0 Å². The summed E-state index contributed by atoms with van der Waals surface area (Å²) >= 11 is 0. The van der Waals surface area contributed by atoms with Crippen LogP contribution < -0.4 is 10.5 Å². The van der Waals surface area contributed by atoms with E-state index in [1.807, 2.05) is 43.3 Å². The molecule has 18 heavy (non-hydrogen) atoms. The predicted octanol–water partition coefficient (Wildman–Crippen LogP) is 3.23. The van der Waals surface area contributed by atoms with Gasteiger partial charge in [0.05, 0.1) is 12.6 Å². The molecule has 2 heteroatoms. The van der Waals surface area contributed by atoms with Gasteiger partial charge in [-0.2, -0.15) is 0 Å². The highest BCUT2D eigenvalue weighted by Crippen LogP contribution is 2.34. The number of methoxy groups -OCH3 is 1. The molecule has 0 fully saturated rings. The van der Waals surface area contributed by atoms with Crippen molar-refractivity contribution in [3.63, 3.8) is 0 Å². The number of hydrogen-bond acceptors (Lipinski definition) is 2. The molecular formula is C16H19NO. The van der Waals surface area contributed by atoms with Crippen molar-refractivity contribution in [1.82, 2.24) is 0 Å². The van der Waals surface area contributed by atoms with Gasteiger partial charge in [0.2, 0.25) is 0 Å². The van der Waals surface area contributed by atoms with Gasteiger partial charge in [0.1, 0.15) is 5.75 Å². The summed E-state index contributed by atoms with van der Waals surface area (Å²) in [4.78, 5) is 0. The van der Waals surface area contributed by atoms with Crippen LogP contribution in [0.5, 0.6) is 5.75 Å². The van der Waals surface area contributed by atoms with E-state index in [9.17, 15) is 0 Å². The maximum atomic E-state index is 6.56. The molecule has 0 radical (unpaired) electrons. The molecule has 0 heterocycles. The molecule has 0 saturated carbocycles. The second-order valence-electron chi connectivity index (χ2n) is 4.72. The Balaban J connectivity index is 2.58. The zero-order valence-corrected chi connectivity index (χ0v) is 11.1. The van der Waals surface area contributed by atoms with Crippen molar-refractivity contribution in [3.05, 3.63) is 65.2 Å². The van der Waals surface area contributed by atoms with E-state index in [1.54, 1.807) is 7.11 Å². The van der Waals surface area contributed by atoms with E-state index in [4.69, 9.17) is 10.5 Å². The molecule has 0 amide bonds. The predicted molar refractivity (Wildman–Crippen MR) is 74.8 cm³/mol. The second kappa shape index (κ2) is 4.83. The Morgan fingerprint density at radius 3 is 2.11 bits per heavy atom. The topological polar surface area (TPSA) is 35.2 Å². The number of nitrogens with two attached hydrogens (primary N) is 1. The number of ether oxygens (including phenoxy) is 1. The number of benzene rings is 2. The summed E-state index contributed by atoms with van der Waals surface area (Å²) in [5.74, 6) is 0.825. The quantitative estimate of drug-likeness (QED) is 0.895. The van der Waals surface area contributed by atoms with E-state index in [0.29, 0.717) is 0 Å². The van der Waals surface area contributed by atoms with E-state index in [2.05, 4.69) is 19.1 Å². The van der Waals surface area contributed by atoms with Crippen LogP contribution in [0.15, 0.2) is 48.5 Å². The first kappa shape index (κ1) is 12.7. The first-order valence-corrected chi connectivity index (χ1v) is 6.06. The molecule has 2 N–H and O–H groups in total. The summed E-state index contributed by atoms with van der Waals surface area (Å²) in [6, 6.07) is 16.1. The number of para-hydroxylation sites is 1. The molecule has 2 aromatic rings. The molecule has 0 saturated heterocycles. The molecule has 0 spiro atoms. The standard InChI is InChI=1S/C16H19NO/c1-12-8-4-5-9-13(12)16(2,17)14-10-6-7-11-15(14)18-3/h4-11H,17H2,1-3H3. The summed E-state index contributed by atoms with van der Waals surface area (Å²) in [6.45, 7) is 4.10. The smallest absolute Gasteiger partial charge is 0.124 e. The van der Waals surface area contributed by atoms with Gasteiger partial charge in [-0.1, -0.05) is 42.5 Å². The maximum Gasteiger partial charge on any atom is 0.124 e. The Kier molecular flexibility index (Phi) is 3.39. The van der Waals surface area contributed by atoms with Crippen molar-refractivity contribution >= 4 is 0 Å². The van der Waals surface area contributed by atoms with Crippen LogP contribution in [-0.2, 0) is 5.54 Å². The number of aryl methyl sites for hydroxylation is 1. The van der Waals surface area contributed by atoms with Gasteiger partial charge in [0, 0.05) is 5.56 Å². The van der Waals surface area contributed by atoms with E-state index in [-0.39, 0.29) is 0 Å². The first-order valence-electron chi connectivity index (χ1n) is 6.06. The number of hydrogen-bond donors (Lipinski definition) is 1. The van der Waals surface area contributed by atoms with Crippen LogP contribution in [0.1, 0.15) is 23.6 Å². The highest BCUT2D eigenvalue weighted by atomic mass is 16.5. The van der Waals surface area contributed by atoms with Gasteiger partial charge in [0.25, 0.3) is 0 Å². The highest BCUT2D eigenvalue weighted by Gasteiger charge is 2.28. The fraction of sp³-hybridized carbons (Fsp3) is 0.250. The molecule has 2 rings (SSSR count). The van der Waals surface area contributed by atoms with Crippen molar-refractivity contribution in [2.75, 3.05) is 7.11 Å². The molecule has 94 valence electrons. The van der Waals surface area contributed by atoms with E-state index >= 15 is 0 Å². The van der Waals surface area contributed by atoms with E-state index < -0.39 is 5.54 Å². The average molecular weight is 241 g/mol. The van der Waals surface area contributed by atoms with Gasteiger partial charge < -0.3 is 10.5 Å². The van der Waals surface area contributed by atoms with Crippen molar-refractivity contribution in [2.24, 2.45) is 5.73 Å². The lowest BCUT2D eigenvalue weighted by molar-refractivity contribution is 0.398. The van der Waals surface area contributed by atoms with Crippen molar-refractivity contribution in [2.45, 2.75) is 19.4 Å². The van der Waals surface area contributed by atoms with Crippen LogP contribution in [0.4, 0.5) is 0 Å². The fourth-order valence-electron chi connectivity index (χ4n) is 2.37. The Hall–Kier alpha value is -1.80. The third kappa shape index (κ3) is 2.12. The lowest BCUT2D eigenvalue weighted by atomic mass is 9.83. The molecule has 2 nitrogen and oxygen atoms in total. The summed E-state index contributed by atoms with van der Waals surface area (Å²) in [7, 11) is 1.67. The lowest BCUT2D eigenvalue weighted by Gasteiger charge is -2.29. The van der Waals surface area contributed by atoms with Crippen molar-refractivity contribution in [1.29, 1.82) is 0 Å². The normalized spacial score (nSPS) is 14.0. The van der Waals surface area contributed by atoms with E-state index in [0.717, 1.165) is 16.9 Å². The second-order valence-corrected chi connectivity index (χ2v) is 4.72. The lowest BCUT2D eigenvalue weighted by Crippen LogP contribution is -2.35. The minimum atomic E-state index is -0.558. The van der Waals surface area contributed by atoms with Crippen LogP contribution in [0.3, 0.4) is 0 Å². The minimum Gasteiger partial charge on any atom is -0.496 e. The molecule has 0 aromatic heterocycles. The van der Waals surface area contributed by atoms with Crippen LogP contribution in [0.25, 0.3) is 0 Å². The van der Waals surface area contributed by atoms with Gasteiger partial charge in [-0.05, 0) is 31.0 Å². The summed E-state index contributed by atoms with van der Waals surface area (Å²) in [6.07, 6.45) is 0. The molecule has 2 aromatic carbocycles. The van der Waals surface area contributed by atoms with Crippen LogP contribution in [-0.4, -0.2) is 7.11 Å². The Morgan fingerprint density at radius 2 is 1.50 bits per heavy atom. The van der Waals surface area contributed by atoms with Gasteiger partial charge in [-0.3, -0.25) is 0 Å². The Morgan fingerprint density at radius 1 is 0.944 bits per heavy atom. The SMILES string of the molecule is COc1ccccc1C(C)(N)c1ccccc1C. The molecule has 0 aliphatic rings. The molecule has 0 aliphatic carbocycles. The molecule has 0 aliphatic heterocycles. The van der Waals surface area contributed by atoms with Crippen LogP contribution in [0, 0.1) is 6.92 Å². The minimum absolute atomic E-state index is 0.558. The Labute approximate surface area is 108 Å². The van der Waals surface area contributed by atoms with Gasteiger partial charge in [0.15, 0.2) is 0 Å². The molecular weight excluding hydrogens is 222 g/mol. The van der Waals surface area contributed by atoms with Crippen LogP contribution >= 0.6 is 0 Å². The zero-order valence-electron chi connectivity index (χ0n) is 11.1. The van der Waals surface area contributed by atoms with Crippen molar-refractivity contribution < 1.29 is 4.74 Å². The fourth-order valence-corrected chi connectivity index (χ4v) is 2.37. The molecule has 1 unspecified atom stereocenters. The Bertz CT molecular complexity index is 546. The summed E-state index contributed by atoms with van der Waals surface area (Å²) in [5.41, 5.74) is 9.31. The third-order valence-corrected chi connectivity index (χ3v) is 3.37. The summed E-state index contributed by atoms with van der Waals surface area (Å²) in [5, 5.41) is 0. The van der Waals surface area contributed by atoms with Crippen molar-refractivity contribution in [3.8, 4) is 5.75 Å². The van der Waals surface area contributed by atoms with Gasteiger partial charge >= 0.3 is 0 Å². The maximum absolute atomic E-state index is 6.56. The third-order valence-electron chi connectivity index (χ3n) is 3.37. The average Bonchev–Trinajstić information content (AvgIpc) is 2.39. The van der Waals surface area contributed by atoms with Gasteiger partial charge in [-0.25, -0.2) is 0 Å². The molecule has 0 bridgehead atoms. The first-order chi connectivity index (χ1) is 8.57. The molecule has 1 atom stereocenters. The van der Waals surface area contributed by atoms with Gasteiger partial charge in [-0.15, -0.1) is 0 Å². The zero-order chi connectivity index (χ0) is 13.2. The monoisotopic (exact) mass is 241 g/mol. The highest BCUT2D eigenvalue weighted by molar-refractivity contribution is 5.47. The van der Waals surface area contributed by atoms with E-state index in [1.165, 1.54) is 5.56 Å². The summed E-state index contributed by atoms with van der Waals surface area (Å²) < 4.78 is 5.41. The largest absolute Gasteiger partial charge is 0.496 e. The number of rotatable bonds is 3.